The first-order chi connectivity index (χ1) is 8.65. The molecule has 0 radical (unpaired) electrons. The van der Waals surface area contributed by atoms with Crippen LogP contribution < -0.4 is 15.4 Å². The number of anilines is 1. The maximum Gasteiger partial charge on any atom is 0.218 e. The summed E-state index contributed by atoms with van der Waals surface area (Å²) in [6, 6.07) is 2.37. The highest BCUT2D eigenvalue weighted by Gasteiger charge is 2.30. The Morgan fingerprint density at radius 3 is 2.89 bits per heavy atom. The fourth-order valence-corrected chi connectivity index (χ4v) is 2.78. The normalized spacial score (nSPS) is 23.1. The molecule has 1 saturated carbocycles. The van der Waals surface area contributed by atoms with Gasteiger partial charge >= 0.3 is 0 Å². The lowest BCUT2D eigenvalue weighted by Crippen LogP contribution is -2.38. The van der Waals surface area contributed by atoms with Gasteiger partial charge in [-0.25, -0.2) is 4.98 Å². The molecule has 0 bridgehead atoms. The number of aryl methyl sites for hydroxylation is 1. The van der Waals surface area contributed by atoms with E-state index in [1.165, 1.54) is 19.3 Å². The molecule has 5 heteroatoms. The summed E-state index contributed by atoms with van der Waals surface area (Å²) in [7, 11) is 3.71. The minimum Gasteiger partial charge on any atom is -0.481 e. The van der Waals surface area contributed by atoms with E-state index in [9.17, 15) is 0 Å². The van der Waals surface area contributed by atoms with Gasteiger partial charge in [0, 0.05) is 19.2 Å². The fraction of sp³-hybridized carbons (Fsp3) is 0.692. The van der Waals surface area contributed by atoms with Crippen LogP contribution in [-0.4, -0.2) is 36.7 Å². The first-order valence-electron chi connectivity index (χ1n) is 6.48. The first kappa shape index (κ1) is 13.1. The second kappa shape index (κ2) is 5.52. The van der Waals surface area contributed by atoms with Crippen molar-refractivity contribution in [1.29, 1.82) is 0 Å². The molecule has 18 heavy (non-hydrogen) atoms. The Bertz CT molecular complexity index is 410. The third-order valence-electron chi connectivity index (χ3n) is 3.79. The van der Waals surface area contributed by atoms with Crippen molar-refractivity contribution in [3.8, 4) is 5.88 Å². The Kier molecular flexibility index (Phi) is 4.01. The van der Waals surface area contributed by atoms with Crippen LogP contribution in [0.5, 0.6) is 5.88 Å². The van der Waals surface area contributed by atoms with Crippen LogP contribution in [0.4, 0.5) is 5.82 Å². The van der Waals surface area contributed by atoms with Crippen molar-refractivity contribution in [3.05, 3.63) is 11.9 Å². The van der Waals surface area contributed by atoms with E-state index >= 15 is 0 Å². The average Bonchev–Trinajstić information content (AvgIpc) is 2.85. The zero-order valence-corrected chi connectivity index (χ0v) is 11.4. The topological polar surface area (TPSA) is 64.3 Å². The summed E-state index contributed by atoms with van der Waals surface area (Å²) in [6.45, 7) is 2.63. The first-order valence-corrected chi connectivity index (χ1v) is 6.48. The van der Waals surface area contributed by atoms with Crippen LogP contribution in [0.15, 0.2) is 6.07 Å². The van der Waals surface area contributed by atoms with Gasteiger partial charge in [-0.15, -0.1) is 0 Å². The lowest BCUT2D eigenvalue weighted by molar-refractivity contribution is 0.394. The molecule has 1 aliphatic rings. The molecule has 0 aliphatic heterocycles. The summed E-state index contributed by atoms with van der Waals surface area (Å²) in [5, 5.41) is 0. The molecule has 2 unspecified atom stereocenters. The largest absolute Gasteiger partial charge is 0.481 e. The van der Waals surface area contributed by atoms with Crippen LogP contribution in [-0.2, 0) is 0 Å². The Labute approximate surface area is 108 Å². The minimum atomic E-state index is 0.481. The second-order valence-corrected chi connectivity index (χ2v) is 4.92. The molecule has 1 fully saturated rings. The van der Waals surface area contributed by atoms with Crippen LogP contribution in [0.3, 0.4) is 0 Å². The Morgan fingerprint density at radius 1 is 1.44 bits per heavy atom. The van der Waals surface area contributed by atoms with E-state index in [2.05, 4.69) is 21.9 Å². The molecule has 0 spiro atoms. The summed E-state index contributed by atoms with van der Waals surface area (Å²) in [5.74, 6) is 2.84. The molecule has 0 amide bonds. The zero-order valence-electron chi connectivity index (χ0n) is 11.4. The molecular weight excluding hydrogens is 228 g/mol. The predicted molar refractivity (Wildman–Crippen MR) is 71.9 cm³/mol. The predicted octanol–water partition coefficient (Wildman–Crippen LogP) is 1.36. The number of hydrogen-bond acceptors (Lipinski definition) is 5. The van der Waals surface area contributed by atoms with Gasteiger partial charge in [0.05, 0.1) is 7.11 Å². The molecule has 2 atom stereocenters. The van der Waals surface area contributed by atoms with E-state index in [-0.39, 0.29) is 0 Å². The maximum atomic E-state index is 5.84. The van der Waals surface area contributed by atoms with Crippen molar-refractivity contribution in [2.24, 2.45) is 11.7 Å². The number of methoxy groups -OCH3 is 1. The quantitative estimate of drug-likeness (QED) is 0.874. The average molecular weight is 250 g/mol. The van der Waals surface area contributed by atoms with Crippen molar-refractivity contribution < 1.29 is 4.74 Å². The number of rotatable bonds is 4. The van der Waals surface area contributed by atoms with Crippen molar-refractivity contribution in [3.63, 3.8) is 0 Å². The van der Waals surface area contributed by atoms with Gasteiger partial charge < -0.3 is 15.4 Å². The third kappa shape index (κ3) is 2.56. The third-order valence-corrected chi connectivity index (χ3v) is 3.79. The lowest BCUT2D eigenvalue weighted by atomic mass is 10.0. The lowest BCUT2D eigenvalue weighted by Gasteiger charge is -2.30. The molecule has 1 aromatic heterocycles. The molecule has 2 N–H and O–H groups in total. The highest BCUT2D eigenvalue weighted by molar-refractivity contribution is 5.42. The molecule has 1 aliphatic carbocycles. The van der Waals surface area contributed by atoms with Crippen LogP contribution >= 0.6 is 0 Å². The monoisotopic (exact) mass is 250 g/mol. The number of ether oxygens (including phenoxy) is 1. The maximum absolute atomic E-state index is 5.84. The van der Waals surface area contributed by atoms with E-state index in [1.54, 1.807) is 7.11 Å². The van der Waals surface area contributed by atoms with E-state index in [0.717, 1.165) is 18.2 Å². The number of nitrogens with two attached hydrogens (primary N) is 1. The van der Waals surface area contributed by atoms with Crippen LogP contribution in [0.2, 0.25) is 0 Å². The fourth-order valence-electron chi connectivity index (χ4n) is 2.78. The number of hydrogen-bond donors (Lipinski definition) is 1. The summed E-state index contributed by atoms with van der Waals surface area (Å²) in [6.07, 6.45) is 3.65. The van der Waals surface area contributed by atoms with Gasteiger partial charge in [-0.1, -0.05) is 6.42 Å². The van der Waals surface area contributed by atoms with Crippen LogP contribution in [0.25, 0.3) is 0 Å². The van der Waals surface area contributed by atoms with Gasteiger partial charge in [0.15, 0.2) is 0 Å². The molecular formula is C13H22N4O. The molecule has 1 heterocycles. The second-order valence-electron chi connectivity index (χ2n) is 4.92. The van der Waals surface area contributed by atoms with Crippen molar-refractivity contribution in [1.82, 2.24) is 9.97 Å². The minimum absolute atomic E-state index is 0.481. The van der Waals surface area contributed by atoms with Gasteiger partial charge in [0.2, 0.25) is 5.88 Å². The Morgan fingerprint density at radius 2 is 2.22 bits per heavy atom. The smallest absolute Gasteiger partial charge is 0.218 e. The molecule has 0 saturated heterocycles. The van der Waals surface area contributed by atoms with E-state index in [0.29, 0.717) is 17.8 Å². The standard InChI is InChI=1S/C13H22N4O/c1-9-15-12(7-13(16-9)18-3)17(2)11-6-4-5-10(11)8-14/h7,10-11H,4-6,8,14H2,1-3H3. The van der Waals surface area contributed by atoms with Gasteiger partial charge in [-0.2, -0.15) is 4.98 Å². The highest BCUT2D eigenvalue weighted by atomic mass is 16.5. The van der Waals surface area contributed by atoms with E-state index < -0.39 is 0 Å². The van der Waals surface area contributed by atoms with E-state index in [4.69, 9.17) is 10.5 Å². The van der Waals surface area contributed by atoms with Crippen LogP contribution in [0.1, 0.15) is 25.1 Å². The van der Waals surface area contributed by atoms with Crippen LogP contribution in [0, 0.1) is 12.8 Å². The summed E-state index contributed by atoms with van der Waals surface area (Å²) < 4.78 is 5.20. The van der Waals surface area contributed by atoms with Crippen molar-refractivity contribution in [2.75, 3.05) is 25.6 Å². The van der Waals surface area contributed by atoms with Gasteiger partial charge in [0.25, 0.3) is 0 Å². The van der Waals surface area contributed by atoms with Gasteiger partial charge in [-0.3, -0.25) is 0 Å². The summed E-state index contributed by atoms with van der Waals surface area (Å²) >= 11 is 0. The van der Waals surface area contributed by atoms with Gasteiger partial charge in [-0.05, 0) is 32.2 Å². The number of aromatic nitrogens is 2. The molecule has 1 aromatic rings. The Hall–Kier alpha value is -1.36. The Balaban J connectivity index is 2.22. The molecule has 2 rings (SSSR count). The van der Waals surface area contributed by atoms with E-state index in [1.807, 2.05) is 13.0 Å². The molecule has 5 nitrogen and oxygen atoms in total. The summed E-state index contributed by atoms with van der Waals surface area (Å²) in [4.78, 5) is 10.9. The SMILES string of the molecule is COc1cc(N(C)C2CCCC2CN)nc(C)n1. The number of nitrogens with zero attached hydrogens (tertiary/aromatic N) is 3. The molecule has 0 aromatic carbocycles. The zero-order chi connectivity index (χ0) is 13.1. The van der Waals surface area contributed by atoms with Crippen molar-refractivity contribution in [2.45, 2.75) is 32.2 Å². The summed E-state index contributed by atoms with van der Waals surface area (Å²) in [5.41, 5.74) is 5.84. The molecule has 100 valence electrons. The van der Waals surface area contributed by atoms with Crippen molar-refractivity contribution >= 4 is 5.82 Å². The highest BCUT2D eigenvalue weighted by Crippen LogP contribution is 2.31. The van der Waals surface area contributed by atoms with Gasteiger partial charge in [0.1, 0.15) is 11.6 Å².